The molecule has 1 unspecified atom stereocenters. The number of oxime groups is 1. The van der Waals surface area contributed by atoms with Crippen LogP contribution >= 0.6 is 0 Å². The van der Waals surface area contributed by atoms with Crippen LogP contribution in [0.2, 0.25) is 0 Å². The van der Waals surface area contributed by atoms with Crippen LogP contribution in [0.3, 0.4) is 0 Å². The second-order valence-electron chi connectivity index (χ2n) is 4.43. The molecule has 19 heavy (non-hydrogen) atoms. The Hall–Kier alpha value is -2.24. The second kappa shape index (κ2) is 5.60. The number of rotatable bonds is 5. The van der Waals surface area contributed by atoms with E-state index in [4.69, 9.17) is 15.4 Å². The standard InChI is InChI=1S/C13H18N4O2/c1-3-17(8-9(2)12(14)16-18)13-15-10-6-4-5-7-11(10)19-13/h4-7,9,18H,3,8H2,1-2H3,(H2,14,16). The number of nitrogens with two attached hydrogens (primary N) is 1. The summed E-state index contributed by atoms with van der Waals surface area (Å²) in [6.07, 6.45) is 0. The van der Waals surface area contributed by atoms with E-state index in [1.807, 2.05) is 43.0 Å². The lowest BCUT2D eigenvalue weighted by molar-refractivity contribution is 0.314. The summed E-state index contributed by atoms with van der Waals surface area (Å²) in [5.41, 5.74) is 7.18. The Labute approximate surface area is 111 Å². The SMILES string of the molecule is CCN(CC(C)/C(N)=N/O)c1nc2ccccc2o1. The third-order valence-corrected chi connectivity index (χ3v) is 3.05. The fraction of sp³-hybridized carbons (Fsp3) is 0.385. The summed E-state index contributed by atoms with van der Waals surface area (Å²) in [5, 5.41) is 11.7. The molecular weight excluding hydrogens is 244 g/mol. The zero-order valence-electron chi connectivity index (χ0n) is 11.1. The first-order valence-electron chi connectivity index (χ1n) is 6.23. The molecule has 0 bridgehead atoms. The zero-order chi connectivity index (χ0) is 13.8. The zero-order valence-corrected chi connectivity index (χ0v) is 11.1. The maximum atomic E-state index is 8.68. The molecule has 0 fully saturated rings. The first kappa shape index (κ1) is 13.2. The van der Waals surface area contributed by atoms with Crippen molar-refractivity contribution in [1.29, 1.82) is 0 Å². The lowest BCUT2D eigenvalue weighted by Crippen LogP contribution is -2.35. The molecule has 1 aromatic carbocycles. The van der Waals surface area contributed by atoms with E-state index >= 15 is 0 Å². The Bertz CT molecular complexity index is 546. The Morgan fingerprint density at radius 1 is 1.53 bits per heavy atom. The Morgan fingerprint density at radius 3 is 2.89 bits per heavy atom. The van der Waals surface area contributed by atoms with Gasteiger partial charge in [-0.3, -0.25) is 0 Å². The van der Waals surface area contributed by atoms with Crippen LogP contribution in [0, 0.1) is 5.92 Å². The molecule has 3 N–H and O–H groups in total. The highest BCUT2D eigenvalue weighted by Gasteiger charge is 2.17. The van der Waals surface area contributed by atoms with Crippen LogP contribution in [-0.2, 0) is 0 Å². The highest BCUT2D eigenvalue weighted by Crippen LogP contribution is 2.22. The molecule has 2 rings (SSSR count). The summed E-state index contributed by atoms with van der Waals surface area (Å²) < 4.78 is 5.71. The van der Waals surface area contributed by atoms with Crippen molar-refractivity contribution >= 4 is 22.9 Å². The number of amidine groups is 1. The molecule has 0 amide bonds. The molecule has 6 nitrogen and oxygen atoms in total. The largest absolute Gasteiger partial charge is 0.423 e. The number of hydrogen-bond acceptors (Lipinski definition) is 5. The van der Waals surface area contributed by atoms with Crippen molar-refractivity contribution in [2.45, 2.75) is 13.8 Å². The number of aromatic nitrogens is 1. The molecule has 6 heteroatoms. The summed E-state index contributed by atoms with van der Waals surface area (Å²) >= 11 is 0. The number of benzene rings is 1. The molecule has 102 valence electrons. The van der Waals surface area contributed by atoms with Gasteiger partial charge in [0.05, 0.1) is 0 Å². The summed E-state index contributed by atoms with van der Waals surface area (Å²) in [6.45, 7) is 5.21. The van der Waals surface area contributed by atoms with Crippen molar-refractivity contribution in [3.8, 4) is 0 Å². The number of oxazole rings is 1. The number of anilines is 1. The lowest BCUT2D eigenvalue weighted by atomic mass is 10.1. The highest BCUT2D eigenvalue weighted by molar-refractivity contribution is 5.82. The van der Waals surface area contributed by atoms with Gasteiger partial charge in [-0.25, -0.2) is 0 Å². The van der Waals surface area contributed by atoms with Crippen molar-refractivity contribution in [2.24, 2.45) is 16.8 Å². The van der Waals surface area contributed by atoms with E-state index in [2.05, 4.69) is 10.1 Å². The number of hydrogen-bond donors (Lipinski definition) is 2. The fourth-order valence-corrected chi connectivity index (χ4v) is 1.86. The van der Waals surface area contributed by atoms with Crippen molar-refractivity contribution in [2.75, 3.05) is 18.0 Å². The maximum Gasteiger partial charge on any atom is 0.298 e. The van der Waals surface area contributed by atoms with Gasteiger partial charge in [0.2, 0.25) is 0 Å². The molecule has 0 radical (unpaired) electrons. The van der Waals surface area contributed by atoms with E-state index in [9.17, 15) is 0 Å². The monoisotopic (exact) mass is 262 g/mol. The molecule has 0 spiro atoms. The van der Waals surface area contributed by atoms with Gasteiger partial charge in [0.15, 0.2) is 5.58 Å². The Morgan fingerprint density at radius 2 is 2.26 bits per heavy atom. The van der Waals surface area contributed by atoms with Crippen molar-refractivity contribution in [3.63, 3.8) is 0 Å². The first-order chi connectivity index (χ1) is 9.15. The van der Waals surface area contributed by atoms with E-state index in [0.717, 1.165) is 17.6 Å². The molecule has 2 aromatic rings. The molecule has 0 aliphatic carbocycles. The number of fused-ring (bicyclic) bond motifs is 1. The highest BCUT2D eigenvalue weighted by atomic mass is 16.4. The molecule has 1 aromatic heterocycles. The fourth-order valence-electron chi connectivity index (χ4n) is 1.86. The van der Waals surface area contributed by atoms with Gasteiger partial charge in [0.1, 0.15) is 11.4 Å². The quantitative estimate of drug-likeness (QED) is 0.372. The number of nitrogens with zero attached hydrogens (tertiary/aromatic N) is 3. The number of para-hydroxylation sites is 2. The van der Waals surface area contributed by atoms with Gasteiger partial charge in [-0.05, 0) is 19.1 Å². The van der Waals surface area contributed by atoms with Crippen LogP contribution < -0.4 is 10.6 Å². The normalized spacial score (nSPS) is 13.7. The van der Waals surface area contributed by atoms with E-state index in [-0.39, 0.29) is 11.8 Å². The van der Waals surface area contributed by atoms with Gasteiger partial charge in [-0.2, -0.15) is 4.98 Å². The third kappa shape index (κ3) is 2.78. The predicted molar refractivity (Wildman–Crippen MR) is 74.5 cm³/mol. The third-order valence-electron chi connectivity index (χ3n) is 3.05. The van der Waals surface area contributed by atoms with Crippen LogP contribution in [-0.4, -0.2) is 29.1 Å². The first-order valence-corrected chi connectivity index (χ1v) is 6.23. The van der Waals surface area contributed by atoms with Gasteiger partial charge >= 0.3 is 0 Å². The summed E-state index contributed by atoms with van der Waals surface area (Å²) in [6, 6.07) is 8.17. The molecule has 0 saturated heterocycles. The van der Waals surface area contributed by atoms with Gasteiger partial charge in [-0.1, -0.05) is 24.2 Å². The summed E-state index contributed by atoms with van der Waals surface area (Å²) in [5.74, 6) is 0.120. The van der Waals surface area contributed by atoms with Gasteiger partial charge in [0, 0.05) is 19.0 Å². The molecular formula is C13H18N4O2. The predicted octanol–water partition coefficient (Wildman–Crippen LogP) is 2.04. The van der Waals surface area contributed by atoms with Gasteiger partial charge < -0.3 is 20.3 Å². The minimum atomic E-state index is -0.0834. The lowest BCUT2D eigenvalue weighted by Gasteiger charge is -2.21. The average molecular weight is 262 g/mol. The van der Waals surface area contributed by atoms with Crippen LogP contribution in [0.5, 0.6) is 0 Å². The summed E-state index contributed by atoms with van der Waals surface area (Å²) in [7, 11) is 0. The van der Waals surface area contributed by atoms with Crippen LogP contribution in [0.4, 0.5) is 6.01 Å². The van der Waals surface area contributed by atoms with Crippen molar-refractivity contribution in [1.82, 2.24) is 4.98 Å². The summed E-state index contributed by atoms with van der Waals surface area (Å²) in [4.78, 5) is 6.40. The second-order valence-corrected chi connectivity index (χ2v) is 4.43. The van der Waals surface area contributed by atoms with Crippen LogP contribution in [0.1, 0.15) is 13.8 Å². The van der Waals surface area contributed by atoms with Crippen molar-refractivity contribution in [3.05, 3.63) is 24.3 Å². The molecule has 0 aliphatic rings. The van der Waals surface area contributed by atoms with Gasteiger partial charge in [0.25, 0.3) is 6.01 Å². The molecule has 0 aliphatic heterocycles. The minimum absolute atomic E-state index is 0.0834. The van der Waals surface area contributed by atoms with Crippen molar-refractivity contribution < 1.29 is 9.62 Å². The Balaban J connectivity index is 2.21. The van der Waals surface area contributed by atoms with Crippen LogP contribution in [0.15, 0.2) is 33.8 Å². The molecule has 0 saturated carbocycles. The van der Waals surface area contributed by atoms with E-state index in [0.29, 0.717) is 12.6 Å². The average Bonchev–Trinajstić information content (AvgIpc) is 2.87. The van der Waals surface area contributed by atoms with E-state index in [1.54, 1.807) is 0 Å². The van der Waals surface area contributed by atoms with E-state index < -0.39 is 0 Å². The molecule has 1 heterocycles. The van der Waals surface area contributed by atoms with E-state index in [1.165, 1.54) is 0 Å². The van der Waals surface area contributed by atoms with Gasteiger partial charge in [-0.15, -0.1) is 0 Å². The Kier molecular flexibility index (Phi) is 3.89. The topological polar surface area (TPSA) is 87.9 Å². The van der Waals surface area contributed by atoms with Crippen LogP contribution in [0.25, 0.3) is 11.1 Å². The molecule has 1 atom stereocenters. The minimum Gasteiger partial charge on any atom is -0.423 e. The smallest absolute Gasteiger partial charge is 0.298 e. The maximum absolute atomic E-state index is 8.68.